The van der Waals surface area contributed by atoms with Crippen LogP contribution >= 0.6 is 0 Å². The lowest BCUT2D eigenvalue weighted by Crippen LogP contribution is -2.42. The Kier molecular flexibility index (Phi) is 4.39. The SMILES string of the molecule is CCC1(CO)CCN(CC(C)C)CC1. The van der Waals surface area contributed by atoms with E-state index in [2.05, 4.69) is 25.7 Å². The van der Waals surface area contributed by atoms with Gasteiger partial charge in [0, 0.05) is 13.2 Å². The summed E-state index contributed by atoms with van der Waals surface area (Å²) in [5, 5.41) is 9.39. The molecule has 1 heterocycles. The zero-order valence-electron chi connectivity index (χ0n) is 9.92. The molecule has 0 aromatic carbocycles. The standard InChI is InChI=1S/C12H25NO/c1-4-12(10-14)5-7-13(8-6-12)9-11(2)3/h11,14H,4-10H2,1-3H3. The molecule has 0 spiro atoms. The van der Waals surface area contributed by atoms with E-state index in [4.69, 9.17) is 0 Å². The van der Waals surface area contributed by atoms with Crippen LogP contribution in [0.4, 0.5) is 0 Å². The van der Waals surface area contributed by atoms with Gasteiger partial charge in [0.2, 0.25) is 0 Å². The van der Waals surface area contributed by atoms with Crippen molar-refractivity contribution in [2.75, 3.05) is 26.2 Å². The fourth-order valence-corrected chi connectivity index (χ4v) is 2.35. The molecule has 0 saturated carbocycles. The van der Waals surface area contributed by atoms with E-state index in [1.54, 1.807) is 0 Å². The third-order valence-corrected chi connectivity index (χ3v) is 3.63. The highest BCUT2D eigenvalue weighted by Gasteiger charge is 2.32. The maximum absolute atomic E-state index is 9.39. The van der Waals surface area contributed by atoms with Gasteiger partial charge in [-0.05, 0) is 43.7 Å². The van der Waals surface area contributed by atoms with Crippen molar-refractivity contribution in [2.24, 2.45) is 11.3 Å². The third-order valence-electron chi connectivity index (χ3n) is 3.63. The summed E-state index contributed by atoms with van der Waals surface area (Å²) in [6.45, 7) is 10.7. The van der Waals surface area contributed by atoms with Gasteiger partial charge >= 0.3 is 0 Å². The molecule has 84 valence electrons. The number of piperidine rings is 1. The fourth-order valence-electron chi connectivity index (χ4n) is 2.35. The molecule has 1 saturated heterocycles. The Morgan fingerprint density at radius 1 is 1.29 bits per heavy atom. The Morgan fingerprint density at radius 2 is 1.86 bits per heavy atom. The highest BCUT2D eigenvalue weighted by Crippen LogP contribution is 2.34. The Labute approximate surface area is 88.3 Å². The van der Waals surface area contributed by atoms with E-state index < -0.39 is 0 Å². The summed E-state index contributed by atoms with van der Waals surface area (Å²) in [6, 6.07) is 0. The van der Waals surface area contributed by atoms with Gasteiger partial charge in [0.1, 0.15) is 0 Å². The third kappa shape index (κ3) is 2.96. The van der Waals surface area contributed by atoms with Crippen LogP contribution in [-0.2, 0) is 0 Å². The van der Waals surface area contributed by atoms with E-state index in [1.807, 2.05) is 0 Å². The molecule has 0 atom stereocenters. The second-order valence-electron chi connectivity index (χ2n) is 5.21. The molecule has 1 rings (SSSR count). The molecular weight excluding hydrogens is 174 g/mol. The average Bonchev–Trinajstić information content (AvgIpc) is 2.19. The summed E-state index contributed by atoms with van der Waals surface area (Å²) in [7, 11) is 0. The highest BCUT2D eigenvalue weighted by atomic mass is 16.3. The van der Waals surface area contributed by atoms with Gasteiger partial charge in [-0.1, -0.05) is 20.8 Å². The van der Waals surface area contributed by atoms with Crippen LogP contribution < -0.4 is 0 Å². The van der Waals surface area contributed by atoms with Crippen molar-refractivity contribution in [1.29, 1.82) is 0 Å². The van der Waals surface area contributed by atoms with Crippen LogP contribution in [0.25, 0.3) is 0 Å². The predicted molar refractivity (Wildman–Crippen MR) is 60.3 cm³/mol. The number of nitrogens with zero attached hydrogens (tertiary/aromatic N) is 1. The van der Waals surface area contributed by atoms with Crippen molar-refractivity contribution in [3.8, 4) is 0 Å². The van der Waals surface area contributed by atoms with Gasteiger partial charge in [-0.15, -0.1) is 0 Å². The number of hydrogen-bond acceptors (Lipinski definition) is 2. The number of rotatable bonds is 4. The zero-order valence-corrected chi connectivity index (χ0v) is 9.92. The van der Waals surface area contributed by atoms with Crippen molar-refractivity contribution in [3.05, 3.63) is 0 Å². The van der Waals surface area contributed by atoms with Crippen LogP contribution in [0, 0.1) is 11.3 Å². The molecule has 0 aromatic rings. The van der Waals surface area contributed by atoms with Gasteiger partial charge in [-0.25, -0.2) is 0 Å². The number of aliphatic hydroxyl groups excluding tert-OH is 1. The number of likely N-dealkylation sites (tertiary alicyclic amines) is 1. The van der Waals surface area contributed by atoms with Gasteiger partial charge in [-0.2, -0.15) is 0 Å². The maximum atomic E-state index is 9.39. The van der Waals surface area contributed by atoms with Crippen LogP contribution in [0.3, 0.4) is 0 Å². The van der Waals surface area contributed by atoms with Crippen molar-refractivity contribution in [1.82, 2.24) is 4.90 Å². The summed E-state index contributed by atoms with van der Waals surface area (Å²) in [4.78, 5) is 2.54. The minimum absolute atomic E-state index is 0.244. The first-order valence-electron chi connectivity index (χ1n) is 5.95. The maximum Gasteiger partial charge on any atom is 0.0488 e. The topological polar surface area (TPSA) is 23.5 Å². The Balaban J connectivity index is 2.37. The van der Waals surface area contributed by atoms with Crippen LogP contribution in [-0.4, -0.2) is 36.2 Å². The molecule has 1 aliphatic rings. The van der Waals surface area contributed by atoms with E-state index in [9.17, 15) is 5.11 Å². The summed E-state index contributed by atoms with van der Waals surface area (Å²) in [5.41, 5.74) is 0.244. The minimum Gasteiger partial charge on any atom is -0.396 e. The molecule has 0 aliphatic carbocycles. The predicted octanol–water partition coefficient (Wildman–Crippen LogP) is 2.13. The Hall–Kier alpha value is -0.0800. The van der Waals surface area contributed by atoms with E-state index in [-0.39, 0.29) is 5.41 Å². The van der Waals surface area contributed by atoms with Crippen LogP contribution in [0.5, 0.6) is 0 Å². The van der Waals surface area contributed by atoms with Crippen molar-refractivity contribution in [3.63, 3.8) is 0 Å². The molecule has 2 nitrogen and oxygen atoms in total. The molecule has 2 heteroatoms. The first kappa shape index (κ1) is 12.0. The van der Waals surface area contributed by atoms with Gasteiger partial charge in [-0.3, -0.25) is 0 Å². The van der Waals surface area contributed by atoms with Crippen LogP contribution in [0.15, 0.2) is 0 Å². The summed E-state index contributed by atoms with van der Waals surface area (Å²) >= 11 is 0. The molecule has 0 aromatic heterocycles. The molecule has 0 bridgehead atoms. The van der Waals surface area contributed by atoms with Crippen molar-refractivity contribution in [2.45, 2.75) is 40.0 Å². The molecule has 1 N–H and O–H groups in total. The van der Waals surface area contributed by atoms with Gasteiger partial charge in [0.05, 0.1) is 0 Å². The molecule has 0 unspecified atom stereocenters. The molecule has 0 radical (unpaired) electrons. The van der Waals surface area contributed by atoms with E-state index >= 15 is 0 Å². The van der Waals surface area contributed by atoms with Gasteiger partial charge < -0.3 is 10.0 Å². The number of hydrogen-bond donors (Lipinski definition) is 1. The van der Waals surface area contributed by atoms with E-state index in [1.165, 1.54) is 32.5 Å². The van der Waals surface area contributed by atoms with E-state index in [0.717, 1.165) is 12.3 Å². The largest absolute Gasteiger partial charge is 0.396 e. The molecule has 1 fully saturated rings. The first-order chi connectivity index (χ1) is 6.62. The second-order valence-corrected chi connectivity index (χ2v) is 5.21. The first-order valence-corrected chi connectivity index (χ1v) is 5.95. The Bertz CT molecular complexity index is 154. The summed E-state index contributed by atoms with van der Waals surface area (Å²) < 4.78 is 0. The summed E-state index contributed by atoms with van der Waals surface area (Å²) in [5.74, 6) is 0.762. The van der Waals surface area contributed by atoms with Gasteiger partial charge in [0.15, 0.2) is 0 Å². The lowest BCUT2D eigenvalue weighted by Gasteiger charge is -2.40. The summed E-state index contributed by atoms with van der Waals surface area (Å²) in [6.07, 6.45) is 3.47. The highest BCUT2D eigenvalue weighted by molar-refractivity contribution is 4.84. The zero-order chi connectivity index (χ0) is 10.6. The van der Waals surface area contributed by atoms with Gasteiger partial charge in [0.25, 0.3) is 0 Å². The molecule has 1 aliphatic heterocycles. The van der Waals surface area contributed by atoms with Crippen LogP contribution in [0.1, 0.15) is 40.0 Å². The lowest BCUT2D eigenvalue weighted by molar-refractivity contribution is 0.0372. The monoisotopic (exact) mass is 199 g/mol. The Morgan fingerprint density at radius 3 is 2.21 bits per heavy atom. The minimum atomic E-state index is 0.244. The molecular formula is C12H25NO. The number of aliphatic hydroxyl groups is 1. The van der Waals surface area contributed by atoms with E-state index in [0.29, 0.717) is 6.61 Å². The lowest BCUT2D eigenvalue weighted by atomic mass is 9.77. The average molecular weight is 199 g/mol. The second kappa shape index (κ2) is 5.13. The van der Waals surface area contributed by atoms with Crippen molar-refractivity contribution >= 4 is 0 Å². The molecule has 14 heavy (non-hydrogen) atoms. The smallest absolute Gasteiger partial charge is 0.0488 e. The molecule has 0 amide bonds. The van der Waals surface area contributed by atoms with Crippen LogP contribution in [0.2, 0.25) is 0 Å². The fraction of sp³-hybridized carbons (Fsp3) is 1.00. The van der Waals surface area contributed by atoms with Crippen molar-refractivity contribution < 1.29 is 5.11 Å². The quantitative estimate of drug-likeness (QED) is 0.749. The normalized spacial score (nSPS) is 22.9.